The highest BCUT2D eigenvalue weighted by Crippen LogP contribution is 2.28. The van der Waals surface area contributed by atoms with Crippen LogP contribution >= 0.6 is 0 Å². The van der Waals surface area contributed by atoms with Crippen LogP contribution in [0.3, 0.4) is 0 Å². The summed E-state index contributed by atoms with van der Waals surface area (Å²) in [7, 11) is 0. The molecular weight excluding hydrogens is 262 g/mol. The Labute approximate surface area is 127 Å². The molecule has 2 N–H and O–H groups in total. The van der Waals surface area contributed by atoms with Crippen LogP contribution in [0.15, 0.2) is 18.5 Å². The van der Waals surface area contributed by atoms with Gasteiger partial charge in [0.2, 0.25) is 0 Å². The lowest BCUT2D eigenvalue weighted by atomic mass is 9.80. The average molecular weight is 289 g/mol. The van der Waals surface area contributed by atoms with Gasteiger partial charge in [0.05, 0.1) is 17.4 Å². The molecule has 0 spiro atoms. The molecule has 2 atom stereocenters. The normalized spacial score (nSPS) is 25.4. The summed E-state index contributed by atoms with van der Waals surface area (Å²) in [4.78, 5) is 16.6. The molecule has 2 rings (SSSR count). The Morgan fingerprint density at radius 1 is 1.29 bits per heavy atom. The maximum atomic E-state index is 12.5. The first kappa shape index (κ1) is 15.8. The molecule has 4 heteroatoms. The highest BCUT2D eigenvalue weighted by atomic mass is 16.1. The standard InChI is InChI=1S/C17H27N3O/c1-4-6-19-16-11-18-7-5-15(16)17(21)20-14-9-12(2)8-13(3)10-14/h5,7,11-14,19H,4,6,8-10H2,1-3H3,(H,20,21). The van der Waals surface area contributed by atoms with Crippen molar-refractivity contribution < 1.29 is 4.79 Å². The molecule has 1 heterocycles. The Kier molecular flexibility index (Phi) is 5.59. The number of aromatic nitrogens is 1. The predicted molar refractivity (Wildman–Crippen MR) is 86.5 cm³/mol. The Morgan fingerprint density at radius 3 is 2.67 bits per heavy atom. The highest BCUT2D eigenvalue weighted by Gasteiger charge is 2.25. The van der Waals surface area contributed by atoms with E-state index in [2.05, 4.69) is 36.4 Å². The number of pyridine rings is 1. The van der Waals surface area contributed by atoms with Gasteiger partial charge in [0.25, 0.3) is 5.91 Å². The lowest BCUT2D eigenvalue weighted by Gasteiger charge is -2.32. The van der Waals surface area contributed by atoms with Crippen molar-refractivity contribution >= 4 is 11.6 Å². The van der Waals surface area contributed by atoms with E-state index in [1.54, 1.807) is 18.5 Å². The van der Waals surface area contributed by atoms with Crippen molar-refractivity contribution in [1.82, 2.24) is 10.3 Å². The molecular formula is C17H27N3O. The molecule has 4 nitrogen and oxygen atoms in total. The smallest absolute Gasteiger partial charge is 0.253 e. The molecule has 1 aliphatic rings. The van der Waals surface area contributed by atoms with E-state index < -0.39 is 0 Å². The van der Waals surface area contributed by atoms with Crippen LogP contribution in [0.1, 0.15) is 56.8 Å². The molecule has 1 fully saturated rings. The van der Waals surface area contributed by atoms with Gasteiger partial charge in [-0.15, -0.1) is 0 Å². The fourth-order valence-electron chi connectivity index (χ4n) is 3.32. The van der Waals surface area contributed by atoms with Gasteiger partial charge in [-0.3, -0.25) is 9.78 Å². The minimum atomic E-state index is 0.0160. The van der Waals surface area contributed by atoms with Crippen LogP contribution in [0.5, 0.6) is 0 Å². The van der Waals surface area contributed by atoms with E-state index in [1.807, 2.05) is 0 Å². The lowest BCUT2D eigenvalue weighted by Crippen LogP contribution is -2.40. The van der Waals surface area contributed by atoms with E-state index in [-0.39, 0.29) is 5.91 Å². The number of hydrogen-bond donors (Lipinski definition) is 2. The van der Waals surface area contributed by atoms with Gasteiger partial charge in [0.15, 0.2) is 0 Å². The molecule has 0 radical (unpaired) electrons. The van der Waals surface area contributed by atoms with Crippen LogP contribution in [0.4, 0.5) is 5.69 Å². The van der Waals surface area contributed by atoms with Gasteiger partial charge in [0.1, 0.15) is 0 Å². The highest BCUT2D eigenvalue weighted by molar-refractivity contribution is 5.99. The molecule has 0 bridgehead atoms. The van der Waals surface area contributed by atoms with E-state index in [4.69, 9.17) is 0 Å². The molecule has 0 aliphatic heterocycles. The van der Waals surface area contributed by atoms with Crippen LogP contribution in [0.2, 0.25) is 0 Å². The quantitative estimate of drug-likeness (QED) is 0.873. The number of carbonyl (C=O) groups excluding carboxylic acids is 1. The van der Waals surface area contributed by atoms with Crippen molar-refractivity contribution in [2.75, 3.05) is 11.9 Å². The van der Waals surface area contributed by atoms with Gasteiger partial charge in [-0.25, -0.2) is 0 Å². The average Bonchev–Trinajstić information content (AvgIpc) is 2.44. The van der Waals surface area contributed by atoms with Crippen LogP contribution in [0, 0.1) is 11.8 Å². The van der Waals surface area contributed by atoms with Crippen molar-refractivity contribution in [3.05, 3.63) is 24.0 Å². The molecule has 1 aromatic heterocycles. The topological polar surface area (TPSA) is 54.0 Å². The first-order chi connectivity index (χ1) is 10.1. The van der Waals surface area contributed by atoms with Gasteiger partial charge in [-0.2, -0.15) is 0 Å². The van der Waals surface area contributed by atoms with Crippen molar-refractivity contribution in [3.8, 4) is 0 Å². The minimum absolute atomic E-state index is 0.0160. The zero-order chi connectivity index (χ0) is 15.2. The van der Waals surface area contributed by atoms with E-state index in [9.17, 15) is 4.79 Å². The number of hydrogen-bond acceptors (Lipinski definition) is 3. The van der Waals surface area contributed by atoms with E-state index in [0.29, 0.717) is 23.4 Å². The van der Waals surface area contributed by atoms with Gasteiger partial charge in [0, 0.05) is 18.8 Å². The number of anilines is 1. The molecule has 21 heavy (non-hydrogen) atoms. The largest absolute Gasteiger partial charge is 0.383 e. The van der Waals surface area contributed by atoms with E-state index >= 15 is 0 Å². The molecule has 0 saturated heterocycles. The fraction of sp³-hybridized carbons (Fsp3) is 0.647. The summed E-state index contributed by atoms with van der Waals surface area (Å²) in [6.45, 7) is 7.50. The Balaban J connectivity index is 2.02. The third-order valence-corrected chi connectivity index (χ3v) is 4.14. The van der Waals surface area contributed by atoms with Crippen LogP contribution < -0.4 is 10.6 Å². The second-order valence-corrected chi connectivity index (χ2v) is 6.44. The first-order valence-corrected chi connectivity index (χ1v) is 8.08. The molecule has 1 amide bonds. The summed E-state index contributed by atoms with van der Waals surface area (Å²) in [5, 5.41) is 6.48. The maximum Gasteiger partial charge on any atom is 0.253 e. The van der Waals surface area contributed by atoms with Gasteiger partial charge < -0.3 is 10.6 Å². The van der Waals surface area contributed by atoms with Crippen molar-refractivity contribution in [1.29, 1.82) is 0 Å². The molecule has 0 aromatic carbocycles. The lowest BCUT2D eigenvalue weighted by molar-refractivity contribution is 0.0912. The van der Waals surface area contributed by atoms with Crippen molar-refractivity contribution in [3.63, 3.8) is 0 Å². The SMILES string of the molecule is CCCNc1cnccc1C(=O)NC1CC(C)CC(C)C1. The Bertz CT molecular complexity index is 465. The molecule has 1 aliphatic carbocycles. The number of amides is 1. The maximum absolute atomic E-state index is 12.5. The number of nitrogens with zero attached hydrogens (tertiary/aromatic N) is 1. The monoisotopic (exact) mass is 289 g/mol. The summed E-state index contributed by atoms with van der Waals surface area (Å²) in [5.41, 5.74) is 1.53. The minimum Gasteiger partial charge on any atom is -0.383 e. The summed E-state index contributed by atoms with van der Waals surface area (Å²) in [5.74, 6) is 1.39. The van der Waals surface area contributed by atoms with Crippen LogP contribution in [-0.4, -0.2) is 23.5 Å². The van der Waals surface area contributed by atoms with E-state index in [1.165, 1.54) is 6.42 Å². The second kappa shape index (κ2) is 7.43. The Hall–Kier alpha value is -1.58. The third-order valence-electron chi connectivity index (χ3n) is 4.14. The van der Waals surface area contributed by atoms with Crippen molar-refractivity contribution in [2.24, 2.45) is 11.8 Å². The summed E-state index contributed by atoms with van der Waals surface area (Å²) >= 11 is 0. The molecule has 116 valence electrons. The fourth-order valence-corrected chi connectivity index (χ4v) is 3.32. The van der Waals surface area contributed by atoms with Crippen LogP contribution in [-0.2, 0) is 0 Å². The van der Waals surface area contributed by atoms with Crippen LogP contribution in [0.25, 0.3) is 0 Å². The molecule has 1 aromatic rings. The summed E-state index contributed by atoms with van der Waals surface area (Å²) in [6, 6.07) is 2.09. The van der Waals surface area contributed by atoms with Gasteiger partial charge in [-0.05, 0) is 43.6 Å². The summed E-state index contributed by atoms with van der Waals surface area (Å²) in [6.07, 6.45) is 7.87. The van der Waals surface area contributed by atoms with Gasteiger partial charge in [-0.1, -0.05) is 20.8 Å². The molecule has 1 saturated carbocycles. The van der Waals surface area contributed by atoms with E-state index in [0.717, 1.165) is 31.5 Å². The predicted octanol–water partition coefficient (Wildman–Crippen LogP) is 3.46. The number of carbonyl (C=O) groups is 1. The Morgan fingerprint density at radius 2 is 2.00 bits per heavy atom. The first-order valence-electron chi connectivity index (χ1n) is 8.08. The third kappa shape index (κ3) is 4.45. The second-order valence-electron chi connectivity index (χ2n) is 6.44. The zero-order valence-corrected chi connectivity index (χ0v) is 13.4. The van der Waals surface area contributed by atoms with Gasteiger partial charge >= 0.3 is 0 Å². The zero-order valence-electron chi connectivity index (χ0n) is 13.4. The number of nitrogens with one attached hydrogen (secondary N) is 2. The molecule has 2 unspecified atom stereocenters. The summed E-state index contributed by atoms with van der Waals surface area (Å²) < 4.78 is 0. The van der Waals surface area contributed by atoms with Crippen molar-refractivity contribution in [2.45, 2.75) is 52.5 Å². The number of rotatable bonds is 5.